The van der Waals surface area contributed by atoms with Crippen molar-refractivity contribution in [1.82, 2.24) is 0 Å². The largest absolute Gasteiger partial charge is 0.289 e. The number of benzene rings is 2. The fraction of sp³-hybridized carbons (Fsp3) is 0.0625. The molecule has 0 bridgehead atoms. The number of carbonyl (C=O) groups excluding carboxylic acids is 1. The molecule has 98 valence electrons. The molecule has 0 unspecified atom stereocenters. The van der Waals surface area contributed by atoms with Crippen molar-refractivity contribution in [3.63, 3.8) is 0 Å². The van der Waals surface area contributed by atoms with Gasteiger partial charge in [-0.2, -0.15) is 0 Å². The van der Waals surface area contributed by atoms with Crippen LogP contribution in [-0.4, -0.2) is 18.2 Å². The molecule has 3 rings (SSSR count). The Kier molecular flexibility index (Phi) is 3.44. The zero-order valence-electron chi connectivity index (χ0n) is 10.5. The smallest absolute Gasteiger partial charge is 0.193 e. The van der Waals surface area contributed by atoms with E-state index in [-0.39, 0.29) is 11.9 Å². The Hall–Kier alpha value is -2.26. The third-order valence-electron chi connectivity index (χ3n) is 3.11. The standard InChI is InChI=1S/C16H11ClN2O/c17-12-7-5-11(6-8-12)15(20)13-3-1-2-4-14(13)16-18-9-10-19-16/h1-10,16H. The molecule has 0 atom stereocenters. The van der Waals surface area contributed by atoms with Crippen molar-refractivity contribution in [3.05, 3.63) is 70.2 Å². The Morgan fingerprint density at radius 2 is 1.60 bits per heavy atom. The number of halogens is 1. The molecule has 0 aromatic heterocycles. The van der Waals surface area contributed by atoms with Gasteiger partial charge in [-0.05, 0) is 24.3 Å². The molecule has 1 aliphatic heterocycles. The van der Waals surface area contributed by atoms with Crippen molar-refractivity contribution in [2.75, 3.05) is 0 Å². The summed E-state index contributed by atoms with van der Waals surface area (Å²) in [5, 5.41) is 0.611. The van der Waals surface area contributed by atoms with Gasteiger partial charge >= 0.3 is 0 Å². The second-order valence-corrected chi connectivity index (χ2v) is 4.83. The summed E-state index contributed by atoms with van der Waals surface area (Å²) in [6.45, 7) is 0. The first-order valence-electron chi connectivity index (χ1n) is 6.20. The van der Waals surface area contributed by atoms with Crippen LogP contribution in [-0.2, 0) is 0 Å². The summed E-state index contributed by atoms with van der Waals surface area (Å²) in [4.78, 5) is 21.1. The predicted octanol–water partition coefficient (Wildman–Crippen LogP) is 3.72. The maximum absolute atomic E-state index is 12.6. The van der Waals surface area contributed by atoms with Crippen molar-refractivity contribution in [1.29, 1.82) is 0 Å². The molecule has 0 spiro atoms. The summed E-state index contributed by atoms with van der Waals surface area (Å²) in [7, 11) is 0. The predicted molar refractivity (Wildman–Crippen MR) is 81.1 cm³/mol. The van der Waals surface area contributed by atoms with Crippen LogP contribution in [0, 0.1) is 0 Å². The van der Waals surface area contributed by atoms with Crippen LogP contribution in [0.4, 0.5) is 0 Å². The van der Waals surface area contributed by atoms with E-state index >= 15 is 0 Å². The highest BCUT2D eigenvalue weighted by atomic mass is 35.5. The molecule has 1 heterocycles. The van der Waals surface area contributed by atoms with Crippen LogP contribution in [0.5, 0.6) is 0 Å². The Bertz CT molecular complexity index is 693. The number of nitrogens with zero attached hydrogens (tertiary/aromatic N) is 2. The van der Waals surface area contributed by atoms with Gasteiger partial charge in [-0.15, -0.1) is 0 Å². The summed E-state index contributed by atoms with van der Waals surface area (Å²) in [6, 6.07) is 14.3. The highest BCUT2D eigenvalue weighted by molar-refractivity contribution is 6.30. The summed E-state index contributed by atoms with van der Waals surface area (Å²) >= 11 is 5.85. The number of hydrogen-bond acceptors (Lipinski definition) is 3. The molecule has 0 saturated carbocycles. The molecule has 3 nitrogen and oxygen atoms in total. The highest BCUT2D eigenvalue weighted by Crippen LogP contribution is 2.26. The van der Waals surface area contributed by atoms with E-state index in [1.165, 1.54) is 0 Å². The van der Waals surface area contributed by atoms with Gasteiger partial charge in [-0.1, -0.05) is 35.9 Å². The lowest BCUT2D eigenvalue weighted by atomic mass is 9.97. The number of hydrogen-bond donors (Lipinski definition) is 0. The van der Waals surface area contributed by atoms with Crippen LogP contribution in [0.2, 0.25) is 5.02 Å². The van der Waals surface area contributed by atoms with Crippen LogP contribution in [0.1, 0.15) is 27.7 Å². The zero-order chi connectivity index (χ0) is 13.9. The molecule has 2 aromatic rings. The fourth-order valence-corrected chi connectivity index (χ4v) is 2.25. The average Bonchev–Trinajstić information content (AvgIpc) is 3.01. The Morgan fingerprint density at radius 3 is 2.30 bits per heavy atom. The summed E-state index contributed by atoms with van der Waals surface area (Å²) in [5.41, 5.74) is 2.04. The minimum absolute atomic E-state index is 0.0467. The molecule has 0 fully saturated rings. The van der Waals surface area contributed by atoms with Gasteiger partial charge in [0.2, 0.25) is 0 Å². The quantitative estimate of drug-likeness (QED) is 0.791. The molecule has 0 N–H and O–H groups in total. The summed E-state index contributed by atoms with van der Waals surface area (Å²) in [5.74, 6) is -0.0467. The van der Waals surface area contributed by atoms with Gasteiger partial charge in [0.1, 0.15) is 0 Å². The van der Waals surface area contributed by atoms with Crippen LogP contribution in [0.25, 0.3) is 0 Å². The monoisotopic (exact) mass is 282 g/mol. The number of rotatable bonds is 3. The average molecular weight is 283 g/mol. The first-order chi connectivity index (χ1) is 9.75. The fourth-order valence-electron chi connectivity index (χ4n) is 2.12. The molecule has 20 heavy (non-hydrogen) atoms. The Morgan fingerprint density at radius 1 is 0.950 bits per heavy atom. The second-order valence-electron chi connectivity index (χ2n) is 4.39. The molecular weight excluding hydrogens is 272 g/mol. The van der Waals surface area contributed by atoms with E-state index in [4.69, 9.17) is 11.6 Å². The molecule has 1 aliphatic rings. The topological polar surface area (TPSA) is 41.8 Å². The van der Waals surface area contributed by atoms with Crippen LogP contribution < -0.4 is 0 Å². The van der Waals surface area contributed by atoms with E-state index in [9.17, 15) is 4.79 Å². The van der Waals surface area contributed by atoms with Gasteiger partial charge in [0.25, 0.3) is 0 Å². The number of ketones is 1. The van der Waals surface area contributed by atoms with Gasteiger partial charge in [0.05, 0.1) is 0 Å². The SMILES string of the molecule is O=C(c1ccc(Cl)cc1)c1ccccc1C1N=CC=N1. The molecule has 0 aliphatic carbocycles. The molecule has 4 heteroatoms. The number of carbonyl (C=O) groups is 1. The first kappa shape index (κ1) is 12.8. The molecular formula is C16H11ClN2O. The number of aliphatic imine (C=N–C) groups is 2. The minimum Gasteiger partial charge on any atom is -0.289 e. The van der Waals surface area contributed by atoms with E-state index in [0.29, 0.717) is 16.1 Å². The van der Waals surface area contributed by atoms with Crippen molar-refractivity contribution in [2.24, 2.45) is 9.98 Å². The van der Waals surface area contributed by atoms with Gasteiger partial charge in [0.15, 0.2) is 11.9 Å². The van der Waals surface area contributed by atoms with E-state index in [1.807, 2.05) is 18.2 Å². The molecule has 0 amide bonds. The van der Waals surface area contributed by atoms with Crippen molar-refractivity contribution in [3.8, 4) is 0 Å². The summed E-state index contributed by atoms with van der Waals surface area (Å²) < 4.78 is 0. The normalized spacial score (nSPS) is 13.8. The van der Waals surface area contributed by atoms with E-state index in [1.54, 1.807) is 42.8 Å². The van der Waals surface area contributed by atoms with Crippen molar-refractivity contribution < 1.29 is 4.79 Å². The molecule has 0 saturated heterocycles. The van der Waals surface area contributed by atoms with Crippen LogP contribution in [0.15, 0.2) is 58.5 Å². The van der Waals surface area contributed by atoms with Gasteiger partial charge < -0.3 is 0 Å². The van der Waals surface area contributed by atoms with Gasteiger partial charge in [-0.3, -0.25) is 14.8 Å². The molecule has 0 radical (unpaired) electrons. The lowest BCUT2D eigenvalue weighted by Gasteiger charge is -2.11. The Labute approximate surface area is 121 Å². The van der Waals surface area contributed by atoms with E-state index in [0.717, 1.165) is 5.56 Å². The maximum atomic E-state index is 12.6. The minimum atomic E-state index is -0.317. The third kappa shape index (κ3) is 2.40. The van der Waals surface area contributed by atoms with E-state index < -0.39 is 0 Å². The lowest BCUT2D eigenvalue weighted by Crippen LogP contribution is -2.06. The van der Waals surface area contributed by atoms with Crippen LogP contribution >= 0.6 is 11.6 Å². The highest BCUT2D eigenvalue weighted by Gasteiger charge is 2.19. The van der Waals surface area contributed by atoms with Crippen molar-refractivity contribution >= 4 is 29.8 Å². The van der Waals surface area contributed by atoms with Gasteiger partial charge in [-0.25, -0.2) is 0 Å². The maximum Gasteiger partial charge on any atom is 0.193 e. The first-order valence-corrected chi connectivity index (χ1v) is 6.57. The van der Waals surface area contributed by atoms with Gasteiger partial charge in [0, 0.05) is 34.1 Å². The summed E-state index contributed by atoms with van der Waals surface area (Å²) in [6.07, 6.45) is 2.98. The molecule has 2 aromatic carbocycles. The third-order valence-corrected chi connectivity index (χ3v) is 3.36. The van der Waals surface area contributed by atoms with Crippen LogP contribution in [0.3, 0.4) is 0 Å². The van der Waals surface area contributed by atoms with Crippen molar-refractivity contribution in [2.45, 2.75) is 6.17 Å². The second kappa shape index (κ2) is 5.39. The van der Waals surface area contributed by atoms with E-state index in [2.05, 4.69) is 9.98 Å². The lowest BCUT2D eigenvalue weighted by molar-refractivity contribution is 0.103. The zero-order valence-corrected chi connectivity index (χ0v) is 11.3. The Balaban J connectivity index is 2.01.